The maximum absolute atomic E-state index is 13.4. The van der Waals surface area contributed by atoms with Crippen LogP contribution in [0.5, 0.6) is 0 Å². The molecule has 0 unspecified atom stereocenters. The number of hydrogen-bond acceptors (Lipinski definition) is 3. The maximum Gasteiger partial charge on any atom is 0.255 e. The van der Waals surface area contributed by atoms with E-state index in [1.165, 1.54) is 12.1 Å². The molecular weight excluding hydrogens is 339 g/mol. The summed E-state index contributed by atoms with van der Waals surface area (Å²) in [4.78, 5) is 14.5. The van der Waals surface area contributed by atoms with Crippen molar-refractivity contribution in [2.75, 3.05) is 5.73 Å². The van der Waals surface area contributed by atoms with Gasteiger partial charge >= 0.3 is 0 Å². The molecule has 6 heteroatoms. The van der Waals surface area contributed by atoms with Gasteiger partial charge in [0.05, 0.1) is 24.1 Å². The number of carbonyl (C=O) groups is 1. The molecule has 1 amide bonds. The lowest BCUT2D eigenvalue weighted by Gasteiger charge is -2.22. The van der Waals surface area contributed by atoms with Gasteiger partial charge in [0.1, 0.15) is 11.6 Å². The van der Waals surface area contributed by atoms with Crippen molar-refractivity contribution in [2.45, 2.75) is 25.4 Å². The molecule has 21 heavy (non-hydrogen) atoms. The molecule has 0 bridgehead atoms. The van der Waals surface area contributed by atoms with Crippen LogP contribution in [0.2, 0.25) is 0 Å². The summed E-state index contributed by atoms with van der Waals surface area (Å²) in [5.74, 6) is 0.0105. The zero-order valence-electron chi connectivity index (χ0n) is 11.2. The molecule has 2 aromatic rings. The number of hydrogen-bond donors (Lipinski definition) is 1. The quantitative estimate of drug-likeness (QED) is 0.855. The van der Waals surface area contributed by atoms with E-state index in [0.717, 1.165) is 18.6 Å². The van der Waals surface area contributed by atoms with E-state index < -0.39 is 5.82 Å². The lowest BCUT2D eigenvalue weighted by atomic mass is 10.1. The second-order valence-corrected chi connectivity index (χ2v) is 5.95. The molecule has 3 rings (SSSR count). The number of furan rings is 1. The monoisotopic (exact) mass is 352 g/mol. The molecule has 4 nitrogen and oxygen atoms in total. The van der Waals surface area contributed by atoms with Crippen LogP contribution >= 0.6 is 15.9 Å². The van der Waals surface area contributed by atoms with E-state index in [1.807, 2.05) is 6.07 Å². The van der Waals surface area contributed by atoms with Crippen LogP contribution in [-0.4, -0.2) is 16.8 Å². The first-order valence-corrected chi connectivity index (χ1v) is 7.43. The molecular formula is C15H14BrFN2O2. The van der Waals surface area contributed by atoms with Gasteiger partial charge in [-0.15, -0.1) is 0 Å². The van der Waals surface area contributed by atoms with Crippen molar-refractivity contribution in [2.24, 2.45) is 0 Å². The largest absolute Gasteiger partial charge is 0.467 e. The molecule has 0 atom stereocenters. The third-order valence-corrected chi connectivity index (χ3v) is 4.13. The molecule has 1 aliphatic carbocycles. The van der Waals surface area contributed by atoms with Gasteiger partial charge in [-0.1, -0.05) is 0 Å². The van der Waals surface area contributed by atoms with Crippen molar-refractivity contribution >= 4 is 27.5 Å². The number of amides is 1. The minimum absolute atomic E-state index is 0.0321. The highest BCUT2D eigenvalue weighted by Gasteiger charge is 2.34. The average Bonchev–Trinajstić information content (AvgIpc) is 3.16. The molecule has 1 heterocycles. The molecule has 2 N–H and O–H groups in total. The standard InChI is InChI=1S/C15H14BrFN2O2/c16-12-7-13(17)14(18)6-11(12)15(20)19(9-3-4-9)8-10-2-1-5-21-10/h1-2,5-7,9H,3-4,8,18H2. The van der Waals surface area contributed by atoms with Crippen LogP contribution in [0.3, 0.4) is 0 Å². The van der Waals surface area contributed by atoms with Crippen LogP contribution in [0.4, 0.5) is 10.1 Å². The molecule has 1 aromatic carbocycles. The second kappa shape index (κ2) is 5.52. The summed E-state index contributed by atoms with van der Waals surface area (Å²) in [6.07, 6.45) is 3.53. The molecule has 110 valence electrons. The number of nitrogen functional groups attached to an aromatic ring is 1. The molecule has 0 saturated heterocycles. The maximum atomic E-state index is 13.4. The van der Waals surface area contributed by atoms with Gasteiger partial charge in [0.15, 0.2) is 0 Å². The van der Waals surface area contributed by atoms with Crippen molar-refractivity contribution in [3.8, 4) is 0 Å². The molecule has 1 aliphatic rings. The molecule has 0 spiro atoms. The first-order valence-electron chi connectivity index (χ1n) is 6.64. The van der Waals surface area contributed by atoms with Crippen LogP contribution in [0.1, 0.15) is 29.0 Å². The molecule has 0 aliphatic heterocycles. The van der Waals surface area contributed by atoms with Gasteiger partial charge in [0, 0.05) is 10.5 Å². The Balaban J connectivity index is 1.89. The van der Waals surface area contributed by atoms with E-state index in [4.69, 9.17) is 10.2 Å². The van der Waals surface area contributed by atoms with Crippen LogP contribution in [0, 0.1) is 5.82 Å². The fourth-order valence-corrected chi connectivity index (χ4v) is 2.69. The Hall–Kier alpha value is -1.82. The summed E-state index contributed by atoms with van der Waals surface area (Å²) in [7, 11) is 0. The predicted octanol–water partition coefficient (Wildman–Crippen LogP) is 3.57. The minimum Gasteiger partial charge on any atom is -0.467 e. The summed E-state index contributed by atoms with van der Waals surface area (Å²) < 4.78 is 19.1. The van der Waals surface area contributed by atoms with E-state index in [9.17, 15) is 9.18 Å². The highest BCUT2D eigenvalue weighted by molar-refractivity contribution is 9.10. The van der Waals surface area contributed by atoms with Crippen LogP contribution < -0.4 is 5.73 Å². The number of nitrogens with two attached hydrogens (primary N) is 1. The van der Waals surface area contributed by atoms with Gasteiger partial charge in [0.2, 0.25) is 0 Å². The minimum atomic E-state index is -0.539. The van der Waals surface area contributed by atoms with Crippen molar-refractivity contribution < 1.29 is 13.6 Å². The highest BCUT2D eigenvalue weighted by atomic mass is 79.9. The topological polar surface area (TPSA) is 59.5 Å². The van der Waals surface area contributed by atoms with Gasteiger partial charge in [-0.3, -0.25) is 4.79 Å². The Kier molecular flexibility index (Phi) is 3.71. The van der Waals surface area contributed by atoms with Gasteiger partial charge in [-0.25, -0.2) is 4.39 Å². The highest BCUT2D eigenvalue weighted by Crippen LogP contribution is 2.32. The summed E-state index contributed by atoms with van der Waals surface area (Å²) in [6.45, 7) is 0.403. The second-order valence-electron chi connectivity index (χ2n) is 5.10. The Labute approximate surface area is 129 Å². The third kappa shape index (κ3) is 2.95. The Morgan fingerprint density at radius 2 is 2.24 bits per heavy atom. The van der Waals surface area contributed by atoms with Gasteiger partial charge in [-0.2, -0.15) is 0 Å². The van der Waals surface area contributed by atoms with Crippen molar-refractivity contribution in [1.82, 2.24) is 4.90 Å². The summed E-state index contributed by atoms with van der Waals surface area (Å²) in [6, 6.07) is 6.42. The molecule has 1 aromatic heterocycles. The van der Waals surface area contributed by atoms with Crippen LogP contribution in [-0.2, 0) is 6.54 Å². The van der Waals surface area contributed by atoms with Crippen molar-refractivity contribution in [3.63, 3.8) is 0 Å². The lowest BCUT2D eigenvalue weighted by molar-refractivity contribution is 0.0716. The molecule has 1 fully saturated rings. The first-order chi connectivity index (χ1) is 10.1. The first kappa shape index (κ1) is 14.1. The number of benzene rings is 1. The number of nitrogens with zero attached hydrogens (tertiary/aromatic N) is 1. The average molecular weight is 353 g/mol. The Morgan fingerprint density at radius 3 is 2.86 bits per heavy atom. The van der Waals surface area contributed by atoms with E-state index >= 15 is 0 Å². The van der Waals surface area contributed by atoms with E-state index in [-0.39, 0.29) is 17.6 Å². The number of anilines is 1. The van der Waals surface area contributed by atoms with E-state index in [2.05, 4.69) is 15.9 Å². The summed E-state index contributed by atoms with van der Waals surface area (Å²) in [5.41, 5.74) is 5.91. The van der Waals surface area contributed by atoms with Crippen molar-refractivity contribution in [3.05, 3.63) is 52.1 Å². The molecule has 1 saturated carbocycles. The van der Waals surface area contributed by atoms with Crippen LogP contribution in [0.15, 0.2) is 39.4 Å². The Bertz CT molecular complexity index is 669. The van der Waals surface area contributed by atoms with E-state index in [1.54, 1.807) is 17.2 Å². The fourth-order valence-electron chi connectivity index (χ4n) is 2.21. The summed E-state index contributed by atoms with van der Waals surface area (Å²) in [5, 5.41) is 0. The zero-order valence-corrected chi connectivity index (χ0v) is 12.8. The zero-order chi connectivity index (χ0) is 15.0. The van der Waals surface area contributed by atoms with Gasteiger partial charge < -0.3 is 15.1 Å². The number of carbonyl (C=O) groups excluding carboxylic acids is 1. The van der Waals surface area contributed by atoms with Crippen molar-refractivity contribution in [1.29, 1.82) is 0 Å². The Morgan fingerprint density at radius 1 is 1.48 bits per heavy atom. The van der Waals surface area contributed by atoms with Crippen LogP contribution in [0.25, 0.3) is 0 Å². The number of rotatable bonds is 4. The van der Waals surface area contributed by atoms with E-state index in [0.29, 0.717) is 16.6 Å². The smallest absolute Gasteiger partial charge is 0.255 e. The predicted molar refractivity (Wildman–Crippen MR) is 80.1 cm³/mol. The lowest BCUT2D eigenvalue weighted by Crippen LogP contribution is -2.32. The fraction of sp³-hybridized carbons (Fsp3) is 0.267. The third-order valence-electron chi connectivity index (χ3n) is 3.47. The van der Waals surface area contributed by atoms with Gasteiger partial charge in [0.25, 0.3) is 5.91 Å². The van der Waals surface area contributed by atoms with Gasteiger partial charge in [-0.05, 0) is 53.0 Å². The number of halogens is 2. The normalized spacial score (nSPS) is 14.2. The SMILES string of the molecule is Nc1cc(C(=O)N(Cc2ccco2)C2CC2)c(Br)cc1F. The molecule has 0 radical (unpaired) electrons. The summed E-state index contributed by atoms with van der Waals surface area (Å²) >= 11 is 3.23.